The fourth-order valence-corrected chi connectivity index (χ4v) is 2.88. The monoisotopic (exact) mass is 276 g/mol. The largest absolute Gasteiger partial charge is 0.321 e. The normalized spacial score (nSPS) is 11.5. The average Bonchev–Trinajstić information content (AvgIpc) is 2.47. The highest BCUT2D eigenvalue weighted by molar-refractivity contribution is 6.13. The maximum Gasteiger partial charge on any atom is 0.258 e. The van der Waals surface area contributed by atoms with E-state index in [2.05, 4.69) is 9.97 Å². The lowest BCUT2D eigenvalue weighted by atomic mass is 10.0. The number of H-pyrrole nitrogens is 2. The van der Waals surface area contributed by atoms with Crippen molar-refractivity contribution in [1.82, 2.24) is 9.97 Å². The predicted octanol–water partition coefficient (Wildman–Crippen LogP) is 2.83. The highest BCUT2D eigenvalue weighted by atomic mass is 16.1. The predicted molar refractivity (Wildman–Crippen MR) is 84.9 cm³/mol. The molecule has 4 nitrogen and oxygen atoms in total. The van der Waals surface area contributed by atoms with Crippen LogP contribution in [0.1, 0.15) is 5.56 Å². The van der Waals surface area contributed by atoms with E-state index in [0.717, 1.165) is 16.5 Å². The van der Waals surface area contributed by atoms with Gasteiger partial charge in [0.15, 0.2) is 0 Å². The van der Waals surface area contributed by atoms with Crippen molar-refractivity contribution in [1.29, 1.82) is 0 Å². The number of aromatic amines is 2. The lowest BCUT2D eigenvalue weighted by Gasteiger charge is -2.07. The third kappa shape index (κ3) is 1.62. The highest BCUT2D eigenvalue weighted by Gasteiger charge is 2.11. The molecule has 2 heterocycles. The van der Waals surface area contributed by atoms with E-state index in [0.29, 0.717) is 21.7 Å². The number of nitrogens with one attached hydrogen (secondary N) is 2. The molecular weight excluding hydrogens is 264 g/mol. The molecule has 0 aliphatic carbocycles. The molecule has 0 atom stereocenters. The highest BCUT2D eigenvalue weighted by Crippen LogP contribution is 2.24. The quantitative estimate of drug-likeness (QED) is 0.485. The Bertz CT molecular complexity index is 1140. The van der Waals surface area contributed by atoms with Gasteiger partial charge < -0.3 is 9.97 Å². The van der Waals surface area contributed by atoms with Crippen molar-refractivity contribution in [3.8, 4) is 0 Å². The Hall–Kier alpha value is -2.88. The lowest BCUT2D eigenvalue weighted by Crippen LogP contribution is -2.13. The summed E-state index contributed by atoms with van der Waals surface area (Å²) >= 11 is 0. The van der Waals surface area contributed by atoms with Gasteiger partial charge in [-0.05, 0) is 24.6 Å². The Morgan fingerprint density at radius 2 is 1.57 bits per heavy atom. The van der Waals surface area contributed by atoms with E-state index in [-0.39, 0.29) is 11.1 Å². The van der Waals surface area contributed by atoms with Gasteiger partial charge in [-0.25, -0.2) is 0 Å². The summed E-state index contributed by atoms with van der Waals surface area (Å²) in [6.07, 6.45) is 0. The second-order valence-electron chi connectivity index (χ2n) is 5.25. The first-order valence-corrected chi connectivity index (χ1v) is 6.72. The standard InChI is InChI=1S/C17H12N2O2/c1-9-6-7-12-13(8-9)18-17(21)14-10-4-2-3-5-11(10)16(20)19-15(12)14/h2-8H,1H3,(H,18,21)(H,19,20). The van der Waals surface area contributed by atoms with Crippen molar-refractivity contribution < 1.29 is 0 Å². The van der Waals surface area contributed by atoms with E-state index >= 15 is 0 Å². The number of fused-ring (bicyclic) bond motifs is 5. The van der Waals surface area contributed by atoms with Crippen LogP contribution in [-0.2, 0) is 0 Å². The Balaban J connectivity index is 2.41. The molecule has 0 saturated heterocycles. The van der Waals surface area contributed by atoms with Crippen molar-refractivity contribution in [2.45, 2.75) is 6.92 Å². The van der Waals surface area contributed by atoms with Crippen molar-refractivity contribution in [2.75, 3.05) is 0 Å². The number of rotatable bonds is 0. The summed E-state index contributed by atoms with van der Waals surface area (Å²) in [5.41, 5.74) is 2.03. The minimum atomic E-state index is -0.185. The SMILES string of the molecule is Cc1ccc2c(c1)[nH]c(=O)c1c3ccccc3c(=O)[nH]c21. The van der Waals surface area contributed by atoms with Gasteiger partial charge in [0.05, 0.1) is 16.4 Å². The zero-order chi connectivity index (χ0) is 14.6. The Kier molecular flexibility index (Phi) is 2.30. The van der Waals surface area contributed by atoms with E-state index in [9.17, 15) is 9.59 Å². The van der Waals surface area contributed by atoms with Gasteiger partial charge in [0, 0.05) is 16.2 Å². The Morgan fingerprint density at radius 1 is 0.810 bits per heavy atom. The van der Waals surface area contributed by atoms with E-state index in [1.165, 1.54) is 0 Å². The first-order chi connectivity index (χ1) is 10.1. The maximum atomic E-state index is 12.5. The average molecular weight is 276 g/mol. The molecule has 2 aromatic carbocycles. The molecule has 0 aliphatic heterocycles. The van der Waals surface area contributed by atoms with Crippen LogP contribution in [0.4, 0.5) is 0 Å². The van der Waals surface area contributed by atoms with Gasteiger partial charge in [-0.15, -0.1) is 0 Å². The van der Waals surface area contributed by atoms with Gasteiger partial charge in [0.25, 0.3) is 11.1 Å². The smallest absolute Gasteiger partial charge is 0.258 e. The van der Waals surface area contributed by atoms with Crippen LogP contribution in [0.2, 0.25) is 0 Å². The van der Waals surface area contributed by atoms with E-state index in [1.807, 2.05) is 37.3 Å². The maximum absolute atomic E-state index is 12.5. The first-order valence-electron chi connectivity index (χ1n) is 6.72. The van der Waals surface area contributed by atoms with Crippen LogP contribution in [0.3, 0.4) is 0 Å². The van der Waals surface area contributed by atoms with Crippen molar-refractivity contribution in [2.24, 2.45) is 0 Å². The molecule has 0 bridgehead atoms. The fraction of sp³-hybridized carbons (Fsp3) is 0.0588. The van der Waals surface area contributed by atoms with Crippen molar-refractivity contribution in [3.63, 3.8) is 0 Å². The summed E-state index contributed by atoms with van der Waals surface area (Å²) in [7, 11) is 0. The first kappa shape index (κ1) is 11.9. The minimum absolute atomic E-state index is 0.175. The van der Waals surface area contributed by atoms with Crippen LogP contribution in [0.25, 0.3) is 32.6 Å². The molecule has 4 aromatic rings. The second-order valence-corrected chi connectivity index (χ2v) is 5.25. The number of benzene rings is 2. The van der Waals surface area contributed by atoms with E-state index in [1.54, 1.807) is 12.1 Å². The number of aromatic nitrogens is 2. The van der Waals surface area contributed by atoms with Crippen LogP contribution < -0.4 is 11.1 Å². The van der Waals surface area contributed by atoms with E-state index < -0.39 is 0 Å². The molecule has 4 rings (SSSR count). The zero-order valence-electron chi connectivity index (χ0n) is 11.4. The Morgan fingerprint density at radius 3 is 2.38 bits per heavy atom. The minimum Gasteiger partial charge on any atom is -0.321 e. The third-order valence-corrected chi connectivity index (χ3v) is 3.85. The summed E-state index contributed by atoms with van der Waals surface area (Å²) in [4.78, 5) is 30.5. The second kappa shape index (κ2) is 4.06. The van der Waals surface area contributed by atoms with Crippen LogP contribution in [0, 0.1) is 6.92 Å². The van der Waals surface area contributed by atoms with Crippen molar-refractivity contribution in [3.05, 3.63) is 68.7 Å². The summed E-state index contributed by atoms with van der Waals surface area (Å²) < 4.78 is 0. The lowest BCUT2D eigenvalue weighted by molar-refractivity contribution is 1.30. The molecule has 0 spiro atoms. The zero-order valence-corrected chi connectivity index (χ0v) is 11.4. The molecule has 4 heteroatoms. The van der Waals surface area contributed by atoms with Gasteiger partial charge >= 0.3 is 0 Å². The number of hydrogen-bond donors (Lipinski definition) is 2. The molecule has 0 radical (unpaired) electrons. The third-order valence-electron chi connectivity index (χ3n) is 3.85. The molecule has 21 heavy (non-hydrogen) atoms. The number of pyridine rings is 2. The summed E-state index contributed by atoms with van der Waals surface area (Å²) in [6.45, 7) is 1.96. The van der Waals surface area contributed by atoms with Crippen LogP contribution in [-0.4, -0.2) is 9.97 Å². The summed E-state index contributed by atoms with van der Waals surface area (Å²) in [5, 5.41) is 2.58. The van der Waals surface area contributed by atoms with Gasteiger partial charge in [-0.3, -0.25) is 9.59 Å². The topological polar surface area (TPSA) is 65.7 Å². The van der Waals surface area contributed by atoms with E-state index in [4.69, 9.17) is 0 Å². The van der Waals surface area contributed by atoms with Crippen molar-refractivity contribution >= 4 is 32.6 Å². The molecule has 0 amide bonds. The van der Waals surface area contributed by atoms with Gasteiger partial charge in [-0.2, -0.15) is 0 Å². The molecule has 0 saturated carbocycles. The number of aryl methyl sites for hydroxylation is 1. The molecule has 102 valence electrons. The molecular formula is C17H12N2O2. The van der Waals surface area contributed by atoms with Gasteiger partial charge in [0.2, 0.25) is 0 Å². The molecule has 2 aromatic heterocycles. The summed E-state index contributed by atoms with van der Waals surface area (Å²) in [5.74, 6) is 0. The fourth-order valence-electron chi connectivity index (χ4n) is 2.88. The van der Waals surface area contributed by atoms with Crippen LogP contribution >= 0.6 is 0 Å². The Labute approximate surface area is 119 Å². The van der Waals surface area contributed by atoms with Gasteiger partial charge in [-0.1, -0.05) is 30.3 Å². The summed E-state index contributed by atoms with van der Waals surface area (Å²) in [6, 6.07) is 13.0. The molecule has 0 unspecified atom stereocenters. The van der Waals surface area contributed by atoms with Crippen LogP contribution in [0.5, 0.6) is 0 Å². The van der Waals surface area contributed by atoms with Crippen LogP contribution in [0.15, 0.2) is 52.1 Å². The molecule has 2 N–H and O–H groups in total. The molecule has 0 aliphatic rings. The number of hydrogen-bond acceptors (Lipinski definition) is 2. The molecule has 0 fully saturated rings. The van der Waals surface area contributed by atoms with Gasteiger partial charge in [0.1, 0.15) is 0 Å².